The van der Waals surface area contributed by atoms with Gasteiger partial charge in [-0.3, -0.25) is 0 Å². The van der Waals surface area contributed by atoms with Crippen molar-refractivity contribution in [2.24, 2.45) is 0 Å². The van der Waals surface area contributed by atoms with Crippen LogP contribution in [-0.2, 0) is 10.0 Å². The first-order valence-corrected chi connectivity index (χ1v) is 7.76. The predicted octanol–water partition coefficient (Wildman–Crippen LogP) is 2.07. The smallest absolute Gasteiger partial charge is 0.242 e. The van der Waals surface area contributed by atoms with Crippen LogP contribution in [0.4, 0.5) is 5.69 Å². The van der Waals surface area contributed by atoms with Crippen LogP contribution in [0.2, 0.25) is 0 Å². The zero-order chi connectivity index (χ0) is 13.1. The number of thioether (sulfide) groups is 1. The fourth-order valence-corrected chi connectivity index (χ4v) is 3.08. The van der Waals surface area contributed by atoms with Gasteiger partial charge in [0.25, 0.3) is 0 Å². The third-order valence-electron chi connectivity index (χ3n) is 2.45. The van der Waals surface area contributed by atoms with E-state index in [-0.39, 0.29) is 10.6 Å². The molecule has 0 radical (unpaired) electrons. The van der Waals surface area contributed by atoms with E-state index in [1.54, 1.807) is 30.0 Å². The quantitative estimate of drug-likeness (QED) is 0.637. The molecule has 0 heterocycles. The average molecular weight is 274 g/mol. The van der Waals surface area contributed by atoms with E-state index in [9.17, 15) is 8.42 Å². The first-order valence-electron chi connectivity index (χ1n) is 5.40. The summed E-state index contributed by atoms with van der Waals surface area (Å²) in [4.78, 5) is 1.13. The summed E-state index contributed by atoms with van der Waals surface area (Å²) in [6.45, 7) is 4.24. The summed E-state index contributed by atoms with van der Waals surface area (Å²) in [5.41, 5.74) is 6.05. The Morgan fingerprint density at radius 3 is 2.59 bits per heavy atom. The van der Waals surface area contributed by atoms with Gasteiger partial charge in [0.1, 0.15) is 4.90 Å². The molecule has 4 nitrogen and oxygen atoms in total. The van der Waals surface area contributed by atoms with Gasteiger partial charge in [0.2, 0.25) is 10.0 Å². The summed E-state index contributed by atoms with van der Waals surface area (Å²) in [6.07, 6.45) is 1.06. The van der Waals surface area contributed by atoms with Crippen LogP contribution in [0.15, 0.2) is 28.0 Å². The van der Waals surface area contributed by atoms with Crippen molar-refractivity contribution in [1.82, 2.24) is 4.72 Å². The molecule has 1 rings (SSSR count). The maximum Gasteiger partial charge on any atom is 0.242 e. The molecule has 0 fully saturated rings. The van der Waals surface area contributed by atoms with Crippen molar-refractivity contribution in [3.63, 3.8) is 0 Å². The fraction of sp³-hybridized carbons (Fsp3) is 0.455. The van der Waals surface area contributed by atoms with Crippen molar-refractivity contribution in [2.75, 3.05) is 12.8 Å². The second-order valence-electron chi connectivity index (χ2n) is 3.74. The lowest BCUT2D eigenvalue weighted by Crippen LogP contribution is -2.19. The van der Waals surface area contributed by atoms with E-state index in [4.69, 9.17) is 5.73 Å². The first kappa shape index (κ1) is 14.3. The van der Waals surface area contributed by atoms with E-state index in [0.717, 1.165) is 11.3 Å². The van der Waals surface area contributed by atoms with Crippen LogP contribution in [0.25, 0.3) is 0 Å². The Hall–Kier alpha value is -0.720. The Balaban J connectivity index is 3.03. The van der Waals surface area contributed by atoms with Crippen LogP contribution in [0.1, 0.15) is 20.3 Å². The molecule has 0 aromatic heterocycles. The highest BCUT2D eigenvalue weighted by molar-refractivity contribution is 8.00. The standard InChI is InChI=1S/C11H18N2O2S2/c1-4-8(2)16-9-5-6-11(10(12)7-9)17(14,15)13-3/h5-8,13H,4,12H2,1-3H3. The number of hydrogen-bond donors (Lipinski definition) is 2. The number of rotatable bonds is 5. The molecule has 1 aromatic rings. The second-order valence-corrected chi connectivity index (χ2v) is 7.11. The largest absolute Gasteiger partial charge is 0.398 e. The SMILES string of the molecule is CCC(C)Sc1ccc(S(=O)(=O)NC)c(N)c1. The van der Waals surface area contributed by atoms with Crippen molar-refractivity contribution in [3.8, 4) is 0 Å². The Kier molecular flexibility index (Phi) is 4.85. The highest BCUT2D eigenvalue weighted by Gasteiger charge is 2.15. The van der Waals surface area contributed by atoms with Gasteiger partial charge in [0, 0.05) is 10.1 Å². The van der Waals surface area contributed by atoms with Crippen molar-refractivity contribution in [2.45, 2.75) is 35.3 Å². The summed E-state index contributed by atoms with van der Waals surface area (Å²) in [5, 5.41) is 0.487. The topological polar surface area (TPSA) is 72.2 Å². The van der Waals surface area contributed by atoms with Gasteiger partial charge in [0.15, 0.2) is 0 Å². The third kappa shape index (κ3) is 3.62. The number of nitrogens with two attached hydrogens (primary N) is 1. The van der Waals surface area contributed by atoms with Gasteiger partial charge >= 0.3 is 0 Å². The molecule has 1 unspecified atom stereocenters. The highest BCUT2D eigenvalue weighted by atomic mass is 32.2. The molecule has 6 heteroatoms. The fourth-order valence-electron chi connectivity index (χ4n) is 1.27. The maximum atomic E-state index is 11.6. The zero-order valence-corrected chi connectivity index (χ0v) is 11.9. The number of hydrogen-bond acceptors (Lipinski definition) is 4. The summed E-state index contributed by atoms with van der Waals surface area (Å²) >= 11 is 1.69. The van der Waals surface area contributed by atoms with Crippen LogP contribution < -0.4 is 10.5 Å². The molecule has 96 valence electrons. The molecule has 3 N–H and O–H groups in total. The molecule has 17 heavy (non-hydrogen) atoms. The van der Waals surface area contributed by atoms with Crippen LogP contribution in [0, 0.1) is 0 Å². The van der Waals surface area contributed by atoms with Gasteiger partial charge in [-0.2, -0.15) is 0 Å². The van der Waals surface area contributed by atoms with E-state index in [0.29, 0.717) is 5.25 Å². The maximum absolute atomic E-state index is 11.6. The second kappa shape index (κ2) is 5.75. The molecule has 0 saturated heterocycles. The van der Waals surface area contributed by atoms with Crippen LogP contribution >= 0.6 is 11.8 Å². The van der Waals surface area contributed by atoms with Gasteiger partial charge in [-0.15, -0.1) is 11.8 Å². The summed E-state index contributed by atoms with van der Waals surface area (Å²) in [5.74, 6) is 0. The minimum absolute atomic E-state index is 0.133. The average Bonchev–Trinajstić information content (AvgIpc) is 2.28. The normalized spacial score (nSPS) is 13.6. The summed E-state index contributed by atoms with van der Waals surface area (Å²) in [6, 6.07) is 5.05. The zero-order valence-electron chi connectivity index (χ0n) is 10.2. The minimum Gasteiger partial charge on any atom is -0.398 e. The van der Waals surface area contributed by atoms with Crippen molar-refractivity contribution >= 4 is 27.5 Å². The van der Waals surface area contributed by atoms with E-state index in [1.807, 2.05) is 0 Å². The molecule has 0 saturated carbocycles. The Morgan fingerprint density at radius 1 is 1.47 bits per heavy atom. The molecule has 0 amide bonds. The van der Waals surface area contributed by atoms with Crippen molar-refractivity contribution in [1.29, 1.82) is 0 Å². The monoisotopic (exact) mass is 274 g/mol. The lowest BCUT2D eigenvalue weighted by Gasteiger charge is -2.11. The number of nitrogen functional groups attached to an aromatic ring is 1. The number of sulfonamides is 1. The van der Waals surface area contributed by atoms with Gasteiger partial charge in [-0.25, -0.2) is 13.1 Å². The third-order valence-corrected chi connectivity index (χ3v) is 5.20. The first-order chi connectivity index (χ1) is 7.90. The van der Waals surface area contributed by atoms with Gasteiger partial charge in [-0.1, -0.05) is 13.8 Å². The summed E-state index contributed by atoms with van der Waals surface area (Å²) in [7, 11) is -2.09. The van der Waals surface area contributed by atoms with Crippen LogP contribution in [-0.4, -0.2) is 20.7 Å². The van der Waals surface area contributed by atoms with Crippen LogP contribution in [0.3, 0.4) is 0 Å². The van der Waals surface area contributed by atoms with Crippen molar-refractivity contribution < 1.29 is 8.42 Å². The molecule has 1 aromatic carbocycles. The Labute approximate surface area is 107 Å². The lowest BCUT2D eigenvalue weighted by molar-refractivity contribution is 0.588. The molecule has 0 spiro atoms. The molecule has 1 atom stereocenters. The molecular formula is C11H18N2O2S2. The van der Waals surface area contributed by atoms with E-state index in [1.165, 1.54) is 7.05 Å². The van der Waals surface area contributed by atoms with Gasteiger partial charge in [0.05, 0.1) is 5.69 Å². The molecular weight excluding hydrogens is 256 g/mol. The number of anilines is 1. The molecule has 0 aliphatic carbocycles. The molecule has 0 aliphatic rings. The molecule has 0 aliphatic heterocycles. The lowest BCUT2D eigenvalue weighted by atomic mass is 10.3. The van der Waals surface area contributed by atoms with Gasteiger partial charge < -0.3 is 5.73 Å². The predicted molar refractivity (Wildman–Crippen MR) is 72.7 cm³/mol. The highest BCUT2D eigenvalue weighted by Crippen LogP contribution is 2.29. The minimum atomic E-state index is -3.46. The Morgan fingerprint density at radius 2 is 2.12 bits per heavy atom. The van der Waals surface area contributed by atoms with Gasteiger partial charge in [-0.05, 0) is 31.7 Å². The van der Waals surface area contributed by atoms with Crippen LogP contribution in [0.5, 0.6) is 0 Å². The number of nitrogens with one attached hydrogen (secondary N) is 1. The molecule has 0 bridgehead atoms. The Bertz CT molecular complexity index is 486. The van der Waals surface area contributed by atoms with E-state index < -0.39 is 10.0 Å². The summed E-state index contributed by atoms with van der Waals surface area (Å²) < 4.78 is 25.5. The van der Waals surface area contributed by atoms with Crippen molar-refractivity contribution in [3.05, 3.63) is 18.2 Å². The van der Waals surface area contributed by atoms with E-state index in [2.05, 4.69) is 18.6 Å². The number of benzene rings is 1. The van der Waals surface area contributed by atoms with E-state index >= 15 is 0 Å².